The summed E-state index contributed by atoms with van der Waals surface area (Å²) < 4.78 is 5.22. The standard InChI is InChI=1S/C15H30N2O2/c1-5-7-14(15(18)19-6-2)17(4)13-10-8-12(16-3)9-11-13/h12-14,16H,5-11H2,1-4H3. The maximum Gasteiger partial charge on any atom is 0.323 e. The summed E-state index contributed by atoms with van der Waals surface area (Å²) in [4.78, 5) is 14.3. The molecule has 4 heteroatoms. The Morgan fingerprint density at radius 1 is 1.32 bits per heavy atom. The molecule has 0 amide bonds. The van der Waals surface area contributed by atoms with Gasteiger partial charge in [-0.05, 0) is 53.1 Å². The summed E-state index contributed by atoms with van der Waals surface area (Å²) in [5.74, 6) is -0.0532. The molecule has 1 aliphatic rings. The molecule has 1 fully saturated rings. The first kappa shape index (κ1) is 16.4. The predicted octanol–water partition coefficient (Wildman–Crippen LogP) is 2.18. The Hall–Kier alpha value is -0.610. The van der Waals surface area contributed by atoms with Crippen molar-refractivity contribution in [3.8, 4) is 0 Å². The molecule has 0 aliphatic heterocycles. The van der Waals surface area contributed by atoms with E-state index >= 15 is 0 Å². The van der Waals surface area contributed by atoms with E-state index in [4.69, 9.17) is 4.74 Å². The normalized spacial score (nSPS) is 25.3. The molecule has 0 spiro atoms. The van der Waals surface area contributed by atoms with Crippen LogP contribution in [0.15, 0.2) is 0 Å². The highest BCUT2D eigenvalue weighted by Crippen LogP contribution is 2.25. The summed E-state index contributed by atoms with van der Waals surface area (Å²) in [5.41, 5.74) is 0. The van der Waals surface area contributed by atoms with Gasteiger partial charge in [-0.3, -0.25) is 9.69 Å². The quantitative estimate of drug-likeness (QED) is 0.720. The molecule has 1 rings (SSSR count). The molecule has 1 atom stereocenters. The Labute approximate surface area is 117 Å². The van der Waals surface area contributed by atoms with E-state index in [9.17, 15) is 4.79 Å². The van der Waals surface area contributed by atoms with Gasteiger partial charge in [0.05, 0.1) is 6.61 Å². The van der Waals surface area contributed by atoms with Crippen molar-refractivity contribution in [2.45, 2.75) is 70.5 Å². The average Bonchev–Trinajstić information content (AvgIpc) is 2.44. The molecule has 4 nitrogen and oxygen atoms in total. The highest BCUT2D eigenvalue weighted by molar-refractivity contribution is 5.75. The molecule has 0 saturated heterocycles. The first-order valence-electron chi connectivity index (χ1n) is 7.69. The minimum Gasteiger partial charge on any atom is -0.465 e. The zero-order valence-electron chi connectivity index (χ0n) is 12.9. The van der Waals surface area contributed by atoms with Crippen LogP contribution in [0.1, 0.15) is 52.4 Å². The summed E-state index contributed by atoms with van der Waals surface area (Å²) in [6.07, 6.45) is 6.64. The van der Waals surface area contributed by atoms with Crippen molar-refractivity contribution >= 4 is 5.97 Å². The van der Waals surface area contributed by atoms with Gasteiger partial charge in [0.15, 0.2) is 0 Å². The number of carbonyl (C=O) groups is 1. The van der Waals surface area contributed by atoms with Gasteiger partial charge in [-0.15, -0.1) is 0 Å². The second kappa shape index (κ2) is 8.54. The molecule has 0 radical (unpaired) electrons. The zero-order valence-corrected chi connectivity index (χ0v) is 12.9. The van der Waals surface area contributed by atoms with Crippen LogP contribution in [-0.2, 0) is 9.53 Å². The molecule has 0 aromatic rings. The van der Waals surface area contributed by atoms with Crippen molar-refractivity contribution in [3.63, 3.8) is 0 Å². The number of esters is 1. The first-order valence-corrected chi connectivity index (χ1v) is 7.69. The van der Waals surface area contributed by atoms with E-state index in [0.717, 1.165) is 12.8 Å². The van der Waals surface area contributed by atoms with Gasteiger partial charge in [0, 0.05) is 12.1 Å². The van der Waals surface area contributed by atoms with E-state index in [-0.39, 0.29) is 12.0 Å². The first-order chi connectivity index (χ1) is 9.13. The van der Waals surface area contributed by atoms with Crippen LogP contribution >= 0.6 is 0 Å². The van der Waals surface area contributed by atoms with E-state index < -0.39 is 0 Å². The Kier molecular flexibility index (Phi) is 7.39. The number of ether oxygens (including phenoxy) is 1. The summed E-state index contributed by atoms with van der Waals surface area (Å²) >= 11 is 0. The van der Waals surface area contributed by atoms with Crippen LogP contribution in [0.4, 0.5) is 0 Å². The molecule has 1 unspecified atom stereocenters. The fourth-order valence-corrected chi connectivity index (χ4v) is 3.03. The number of likely N-dealkylation sites (N-methyl/N-ethyl adjacent to an activating group) is 1. The van der Waals surface area contributed by atoms with Crippen LogP contribution in [0.2, 0.25) is 0 Å². The second-order valence-corrected chi connectivity index (χ2v) is 5.52. The average molecular weight is 270 g/mol. The van der Waals surface area contributed by atoms with Crippen LogP contribution in [0.5, 0.6) is 0 Å². The zero-order chi connectivity index (χ0) is 14.3. The molecular formula is C15H30N2O2. The third-order valence-corrected chi connectivity index (χ3v) is 4.29. The lowest BCUT2D eigenvalue weighted by atomic mass is 9.89. The van der Waals surface area contributed by atoms with Gasteiger partial charge in [0.2, 0.25) is 0 Å². The van der Waals surface area contributed by atoms with Gasteiger partial charge in [0.1, 0.15) is 6.04 Å². The van der Waals surface area contributed by atoms with E-state index in [2.05, 4.69) is 24.2 Å². The van der Waals surface area contributed by atoms with Crippen molar-refractivity contribution in [2.75, 3.05) is 20.7 Å². The van der Waals surface area contributed by atoms with Crippen LogP contribution in [0, 0.1) is 0 Å². The van der Waals surface area contributed by atoms with Crippen LogP contribution in [0.3, 0.4) is 0 Å². The van der Waals surface area contributed by atoms with Crippen molar-refractivity contribution in [2.24, 2.45) is 0 Å². The molecule has 19 heavy (non-hydrogen) atoms. The third-order valence-electron chi connectivity index (χ3n) is 4.29. The molecule has 0 heterocycles. The molecule has 1 saturated carbocycles. The SMILES string of the molecule is CCCC(C(=O)OCC)N(C)C1CCC(NC)CC1. The van der Waals surface area contributed by atoms with Crippen LogP contribution in [-0.4, -0.2) is 49.7 Å². The Bertz CT molecular complexity index is 263. The van der Waals surface area contributed by atoms with E-state index in [1.54, 1.807) is 0 Å². The minimum atomic E-state index is -0.0684. The molecule has 0 bridgehead atoms. The molecule has 1 N–H and O–H groups in total. The number of nitrogens with one attached hydrogen (secondary N) is 1. The van der Waals surface area contributed by atoms with Gasteiger partial charge in [-0.2, -0.15) is 0 Å². The summed E-state index contributed by atoms with van der Waals surface area (Å²) in [5, 5.41) is 3.35. The second-order valence-electron chi connectivity index (χ2n) is 5.52. The highest BCUT2D eigenvalue weighted by Gasteiger charge is 2.31. The smallest absolute Gasteiger partial charge is 0.323 e. The highest BCUT2D eigenvalue weighted by atomic mass is 16.5. The number of nitrogens with zero attached hydrogens (tertiary/aromatic N) is 1. The van der Waals surface area contributed by atoms with Crippen LogP contribution < -0.4 is 5.32 Å². The van der Waals surface area contributed by atoms with Gasteiger partial charge in [-0.25, -0.2) is 0 Å². The monoisotopic (exact) mass is 270 g/mol. The number of carbonyl (C=O) groups excluding carboxylic acids is 1. The maximum atomic E-state index is 12.1. The molecule has 112 valence electrons. The molecule has 1 aliphatic carbocycles. The number of rotatable bonds is 7. The fourth-order valence-electron chi connectivity index (χ4n) is 3.03. The molecular weight excluding hydrogens is 240 g/mol. The van der Waals surface area contributed by atoms with Gasteiger partial charge >= 0.3 is 5.97 Å². The molecule has 0 aromatic carbocycles. The fraction of sp³-hybridized carbons (Fsp3) is 0.933. The number of hydrogen-bond donors (Lipinski definition) is 1. The summed E-state index contributed by atoms with van der Waals surface area (Å²) in [6.45, 7) is 4.47. The van der Waals surface area contributed by atoms with Crippen molar-refractivity contribution in [1.29, 1.82) is 0 Å². The van der Waals surface area contributed by atoms with Gasteiger partial charge < -0.3 is 10.1 Å². The van der Waals surface area contributed by atoms with Crippen molar-refractivity contribution in [3.05, 3.63) is 0 Å². The van der Waals surface area contributed by atoms with Gasteiger partial charge in [0.25, 0.3) is 0 Å². The van der Waals surface area contributed by atoms with Crippen molar-refractivity contribution in [1.82, 2.24) is 10.2 Å². The maximum absolute atomic E-state index is 12.1. The Balaban J connectivity index is 2.56. The van der Waals surface area contributed by atoms with Crippen molar-refractivity contribution < 1.29 is 9.53 Å². The lowest BCUT2D eigenvalue weighted by molar-refractivity contribution is -0.150. The lowest BCUT2D eigenvalue weighted by Gasteiger charge is -2.38. The largest absolute Gasteiger partial charge is 0.465 e. The van der Waals surface area contributed by atoms with Crippen LogP contribution in [0.25, 0.3) is 0 Å². The topological polar surface area (TPSA) is 41.6 Å². The summed E-state index contributed by atoms with van der Waals surface area (Å²) in [7, 11) is 4.12. The third kappa shape index (κ3) is 4.77. The Morgan fingerprint density at radius 3 is 2.42 bits per heavy atom. The van der Waals surface area contributed by atoms with Gasteiger partial charge in [-0.1, -0.05) is 13.3 Å². The lowest BCUT2D eigenvalue weighted by Crippen LogP contribution is -2.48. The van der Waals surface area contributed by atoms with E-state index in [1.807, 2.05) is 14.0 Å². The minimum absolute atomic E-state index is 0.0532. The predicted molar refractivity (Wildman–Crippen MR) is 78.2 cm³/mol. The summed E-state index contributed by atoms with van der Waals surface area (Å²) in [6, 6.07) is 1.10. The molecule has 0 aromatic heterocycles. The number of hydrogen-bond acceptors (Lipinski definition) is 4. The van der Waals surface area contributed by atoms with E-state index in [0.29, 0.717) is 18.7 Å². The van der Waals surface area contributed by atoms with E-state index in [1.165, 1.54) is 25.7 Å². The Morgan fingerprint density at radius 2 is 1.95 bits per heavy atom.